The summed E-state index contributed by atoms with van der Waals surface area (Å²) in [6, 6.07) is 0. The molecule has 118 valence electrons. The molecule has 2 nitrogen and oxygen atoms in total. The van der Waals surface area contributed by atoms with Gasteiger partial charge in [0.05, 0.1) is 5.60 Å². The summed E-state index contributed by atoms with van der Waals surface area (Å²) in [5.41, 5.74) is -0.511. The van der Waals surface area contributed by atoms with E-state index in [1.807, 2.05) is 6.08 Å². The van der Waals surface area contributed by atoms with Crippen LogP contribution in [0.5, 0.6) is 0 Å². The van der Waals surface area contributed by atoms with E-state index in [4.69, 9.17) is 0 Å². The van der Waals surface area contributed by atoms with E-state index in [1.165, 1.54) is 38.5 Å². The molecule has 0 unspecified atom stereocenters. The highest BCUT2D eigenvalue weighted by Gasteiger charge is 2.58. The molecule has 0 spiro atoms. The van der Waals surface area contributed by atoms with Gasteiger partial charge in [0, 0.05) is 5.41 Å². The van der Waals surface area contributed by atoms with Crippen molar-refractivity contribution in [3.63, 3.8) is 0 Å². The summed E-state index contributed by atoms with van der Waals surface area (Å²) in [4.78, 5) is 10.6. The minimum atomic E-state index is -0.495. The highest BCUT2D eigenvalue weighted by Crippen LogP contribution is 2.61. The molecule has 0 amide bonds. The third kappa shape index (κ3) is 2.60. The average molecular weight is 290 g/mol. The smallest absolute Gasteiger partial charge is 0.142 e. The first kappa shape index (κ1) is 15.3. The summed E-state index contributed by atoms with van der Waals surface area (Å²) in [5.74, 6) is 1.97. The largest absolute Gasteiger partial charge is 0.389 e. The van der Waals surface area contributed by atoms with Gasteiger partial charge in [0.2, 0.25) is 0 Å². The third-order valence-corrected chi connectivity index (χ3v) is 7.12. The van der Waals surface area contributed by atoms with Crippen LogP contribution in [0.25, 0.3) is 0 Å². The van der Waals surface area contributed by atoms with Gasteiger partial charge < -0.3 is 5.11 Å². The van der Waals surface area contributed by atoms with Crippen molar-refractivity contribution in [1.82, 2.24) is 0 Å². The van der Waals surface area contributed by atoms with Crippen LogP contribution in [-0.2, 0) is 4.79 Å². The van der Waals surface area contributed by atoms with Gasteiger partial charge in [0.25, 0.3) is 0 Å². The highest BCUT2D eigenvalue weighted by molar-refractivity contribution is 5.64. The lowest BCUT2D eigenvalue weighted by Gasteiger charge is -2.51. The molecular weight excluding hydrogens is 260 g/mol. The van der Waals surface area contributed by atoms with Crippen molar-refractivity contribution in [1.29, 1.82) is 0 Å². The van der Waals surface area contributed by atoms with Crippen LogP contribution in [0, 0.1) is 23.2 Å². The van der Waals surface area contributed by atoms with Crippen LogP contribution < -0.4 is 0 Å². The van der Waals surface area contributed by atoms with Crippen LogP contribution in [0.1, 0.15) is 71.1 Å². The van der Waals surface area contributed by atoms with E-state index in [0.29, 0.717) is 5.92 Å². The van der Waals surface area contributed by atoms with E-state index in [2.05, 4.69) is 6.92 Å². The lowest BCUT2D eigenvalue weighted by Crippen LogP contribution is -2.50. The number of aldehydes is 1. The van der Waals surface area contributed by atoms with Crippen molar-refractivity contribution < 1.29 is 9.90 Å². The summed E-state index contributed by atoms with van der Waals surface area (Å²) in [7, 11) is 0. The Labute approximate surface area is 129 Å². The zero-order chi connectivity index (χ0) is 14.9. The number of carbonyl (C=O) groups excluding carboxylic acids is 1. The predicted octanol–water partition coefficient (Wildman–Crippen LogP) is 4.27. The van der Waals surface area contributed by atoms with Crippen LogP contribution in [0.15, 0.2) is 12.2 Å². The molecule has 0 aromatic carbocycles. The molecule has 0 radical (unpaired) electrons. The van der Waals surface area contributed by atoms with Gasteiger partial charge in [-0.2, -0.15) is 0 Å². The molecule has 0 aliphatic heterocycles. The maximum atomic E-state index is 11.3. The van der Waals surface area contributed by atoms with Gasteiger partial charge in [-0.1, -0.05) is 45.1 Å². The van der Waals surface area contributed by atoms with E-state index in [0.717, 1.165) is 43.8 Å². The first-order chi connectivity index (χ1) is 10.1. The summed E-state index contributed by atoms with van der Waals surface area (Å²) in [6.07, 6.45) is 16.8. The van der Waals surface area contributed by atoms with Crippen LogP contribution in [0.2, 0.25) is 0 Å². The molecule has 3 rings (SSSR count). The molecular formula is C19H30O2. The minimum absolute atomic E-state index is 0.0162. The number of carbonyl (C=O) groups is 1. The van der Waals surface area contributed by atoms with E-state index < -0.39 is 5.60 Å². The first-order valence-electron chi connectivity index (χ1n) is 8.93. The van der Waals surface area contributed by atoms with Gasteiger partial charge in [-0.15, -0.1) is 0 Å². The number of aliphatic hydroxyl groups is 1. The molecule has 21 heavy (non-hydrogen) atoms. The van der Waals surface area contributed by atoms with E-state index in [1.54, 1.807) is 6.08 Å². The summed E-state index contributed by atoms with van der Waals surface area (Å²) < 4.78 is 0. The Balaban J connectivity index is 1.73. The molecule has 3 aliphatic carbocycles. The number of hydrogen-bond donors (Lipinski definition) is 1. The van der Waals surface area contributed by atoms with Gasteiger partial charge in [-0.25, -0.2) is 0 Å². The Kier molecular flexibility index (Phi) is 4.27. The number of allylic oxidation sites excluding steroid dienone is 2. The van der Waals surface area contributed by atoms with Crippen LogP contribution in [0.3, 0.4) is 0 Å². The topological polar surface area (TPSA) is 37.3 Å². The van der Waals surface area contributed by atoms with E-state index in [9.17, 15) is 9.90 Å². The van der Waals surface area contributed by atoms with Crippen molar-refractivity contribution in [3.05, 3.63) is 12.2 Å². The van der Waals surface area contributed by atoms with Crippen LogP contribution in [-0.4, -0.2) is 17.0 Å². The fourth-order valence-electron chi connectivity index (χ4n) is 5.61. The molecule has 0 aromatic rings. The predicted molar refractivity (Wildman–Crippen MR) is 84.9 cm³/mol. The highest BCUT2D eigenvalue weighted by atomic mass is 16.3. The van der Waals surface area contributed by atoms with Gasteiger partial charge in [-0.05, 0) is 55.9 Å². The third-order valence-electron chi connectivity index (χ3n) is 7.12. The van der Waals surface area contributed by atoms with Crippen LogP contribution in [0.4, 0.5) is 0 Å². The molecule has 0 saturated heterocycles. The lowest BCUT2D eigenvalue weighted by molar-refractivity contribution is -0.118. The Bertz CT molecular complexity index is 410. The molecule has 2 heteroatoms. The van der Waals surface area contributed by atoms with Crippen molar-refractivity contribution in [2.24, 2.45) is 23.2 Å². The second kappa shape index (κ2) is 5.87. The van der Waals surface area contributed by atoms with E-state index >= 15 is 0 Å². The number of hydrogen-bond acceptors (Lipinski definition) is 2. The SMILES string of the molecule is C[C@]12CC[C@H](C3CCCCC3)C[C@@]1(O)CC[C@@H]2/C=C/C=O. The normalized spacial score (nSPS) is 44.9. The Morgan fingerprint density at radius 1 is 1.00 bits per heavy atom. The molecule has 3 saturated carbocycles. The molecule has 1 N–H and O–H groups in total. The Morgan fingerprint density at radius 2 is 1.76 bits per heavy atom. The van der Waals surface area contributed by atoms with Crippen molar-refractivity contribution in [3.8, 4) is 0 Å². The maximum absolute atomic E-state index is 11.3. The monoisotopic (exact) mass is 290 g/mol. The zero-order valence-electron chi connectivity index (χ0n) is 13.4. The van der Waals surface area contributed by atoms with E-state index in [-0.39, 0.29) is 5.41 Å². The van der Waals surface area contributed by atoms with Crippen molar-refractivity contribution in [2.75, 3.05) is 0 Å². The van der Waals surface area contributed by atoms with Gasteiger partial charge in [0.15, 0.2) is 0 Å². The van der Waals surface area contributed by atoms with Crippen molar-refractivity contribution in [2.45, 2.75) is 76.7 Å². The Hall–Kier alpha value is -0.630. The molecule has 3 aliphatic rings. The average Bonchev–Trinajstić information content (AvgIpc) is 2.77. The number of fused-ring (bicyclic) bond motifs is 1. The lowest BCUT2D eigenvalue weighted by atomic mass is 9.57. The standard InChI is InChI=1S/C19H30O2/c1-18-11-9-16(15-6-3-2-4-7-15)14-19(18,21)12-10-17(18)8-5-13-20/h5,8,13,15-17,21H,2-4,6-7,9-12,14H2,1H3/b8-5+/t16-,17-,18+,19-/m0/s1. The molecule has 0 aromatic heterocycles. The molecule has 0 bridgehead atoms. The Morgan fingerprint density at radius 3 is 2.48 bits per heavy atom. The summed E-state index contributed by atoms with van der Waals surface area (Å²) in [6.45, 7) is 2.26. The zero-order valence-corrected chi connectivity index (χ0v) is 13.4. The van der Waals surface area contributed by atoms with Crippen molar-refractivity contribution >= 4 is 6.29 Å². The van der Waals surface area contributed by atoms with Gasteiger partial charge in [0.1, 0.15) is 6.29 Å². The second-order valence-electron chi connectivity index (χ2n) is 8.02. The molecule has 3 fully saturated rings. The van der Waals surface area contributed by atoms with Crippen LogP contribution >= 0.6 is 0 Å². The minimum Gasteiger partial charge on any atom is -0.389 e. The molecule has 4 atom stereocenters. The number of rotatable bonds is 3. The fraction of sp³-hybridized carbons (Fsp3) is 0.842. The van der Waals surface area contributed by atoms with Gasteiger partial charge in [-0.3, -0.25) is 4.79 Å². The molecule has 0 heterocycles. The second-order valence-corrected chi connectivity index (χ2v) is 8.02. The van der Waals surface area contributed by atoms with Gasteiger partial charge >= 0.3 is 0 Å². The summed E-state index contributed by atoms with van der Waals surface area (Å²) >= 11 is 0. The summed E-state index contributed by atoms with van der Waals surface area (Å²) in [5, 5.41) is 11.3. The maximum Gasteiger partial charge on any atom is 0.142 e. The fourth-order valence-corrected chi connectivity index (χ4v) is 5.61. The first-order valence-corrected chi connectivity index (χ1v) is 8.93. The quantitative estimate of drug-likeness (QED) is 0.622.